The molecule has 1 fully saturated rings. The summed E-state index contributed by atoms with van der Waals surface area (Å²) in [7, 11) is 1.75. The molecule has 0 N–H and O–H groups in total. The molecule has 2 aromatic rings. The number of hydrogen-bond acceptors (Lipinski definition) is 8. The van der Waals surface area contributed by atoms with Crippen LogP contribution in [0.1, 0.15) is 99.9 Å². The van der Waals surface area contributed by atoms with Crippen LogP contribution in [-0.4, -0.2) is 53.6 Å². The Morgan fingerprint density at radius 3 is 2.29 bits per heavy atom. The maximum atomic E-state index is 14.6. The summed E-state index contributed by atoms with van der Waals surface area (Å²) in [6, 6.07) is 0. The molecule has 3 heterocycles. The molecule has 4 rings (SSSR count). The Hall–Kier alpha value is -2.37. The number of ether oxygens (including phenoxy) is 2. The number of amides is 1. The van der Waals surface area contributed by atoms with E-state index in [0.717, 1.165) is 58.2 Å². The van der Waals surface area contributed by atoms with Crippen LogP contribution in [0.2, 0.25) is 4.34 Å². The van der Waals surface area contributed by atoms with Crippen LogP contribution in [0.3, 0.4) is 0 Å². The van der Waals surface area contributed by atoms with Gasteiger partial charge >= 0.3 is 11.9 Å². The molecule has 1 aliphatic heterocycles. The molecular weight excluding hydrogens is 640 g/mol. The summed E-state index contributed by atoms with van der Waals surface area (Å²) in [5.74, 6) is -4.30. The van der Waals surface area contributed by atoms with Crippen LogP contribution in [0.5, 0.6) is 0 Å². The van der Waals surface area contributed by atoms with E-state index in [1.165, 1.54) is 25.2 Å². The molecule has 0 saturated carbocycles. The van der Waals surface area contributed by atoms with Crippen LogP contribution >= 0.6 is 34.3 Å². The average Bonchev–Trinajstić information content (AvgIpc) is 3.53. The molecule has 1 amide bonds. The first-order chi connectivity index (χ1) is 20.9. The van der Waals surface area contributed by atoms with E-state index in [4.69, 9.17) is 21.3 Å². The molecule has 0 radical (unpaired) electrons. The van der Waals surface area contributed by atoms with Crippen LogP contribution in [0, 0.1) is 23.7 Å². The van der Waals surface area contributed by atoms with Crippen molar-refractivity contribution in [3.63, 3.8) is 0 Å². The number of likely N-dealkylation sites (tertiary alicyclic amines) is 1. The number of rotatable bonds is 8. The Kier molecular flexibility index (Phi) is 10.6. The fraction of sp³-hybridized carbons (Fsp3) is 0.636. The molecule has 0 bridgehead atoms. The van der Waals surface area contributed by atoms with E-state index in [9.17, 15) is 18.4 Å². The second-order valence-corrected chi connectivity index (χ2v) is 16.8. The van der Waals surface area contributed by atoms with Crippen LogP contribution in [0.15, 0.2) is 17.4 Å². The molecule has 7 nitrogen and oxygen atoms in total. The van der Waals surface area contributed by atoms with Gasteiger partial charge in [0.05, 0.1) is 30.8 Å². The first-order valence-corrected chi connectivity index (χ1v) is 17.3. The number of thiazole rings is 2. The second kappa shape index (κ2) is 13.4. The topological polar surface area (TPSA) is 81.6 Å². The smallest absolute Gasteiger partial charge is 0.385 e. The molecule has 0 spiro atoms. The Balaban J connectivity index is 1.46. The zero-order valence-electron chi connectivity index (χ0n) is 27.6. The standard InChI is InChI=1S/C33H44ClF2N3O4S2/c1-10-43-30(41)33(35,36)27-18(2)44-23(37-27)17-24(40)39-13-11-19(12-14-39)29-38-25(28(34)45-29)20-15-21(31(3,4)5)26(42-9)22(16-20)32(6,7)8/h15,19,22H,10-14,16-17H2,1-9H3. The molecule has 1 aliphatic carbocycles. The van der Waals surface area contributed by atoms with Gasteiger partial charge in [-0.25, -0.2) is 14.8 Å². The third kappa shape index (κ3) is 7.62. The monoisotopic (exact) mass is 683 g/mol. The highest BCUT2D eigenvalue weighted by Gasteiger charge is 2.46. The highest BCUT2D eigenvalue weighted by molar-refractivity contribution is 7.16. The lowest BCUT2D eigenvalue weighted by atomic mass is 9.68. The van der Waals surface area contributed by atoms with E-state index in [1.54, 1.807) is 12.0 Å². The number of aryl methyl sites for hydroxylation is 1. The molecule has 1 saturated heterocycles. The van der Waals surface area contributed by atoms with Crippen LogP contribution in [0.4, 0.5) is 8.78 Å². The minimum atomic E-state index is -3.86. The number of piperidine rings is 1. The zero-order valence-corrected chi connectivity index (χ0v) is 30.0. The number of carbonyl (C=O) groups is 2. The SMILES string of the molecule is CCOC(=O)C(F)(F)c1nc(CC(=O)N2CCC(c3nc(C4=CC(C(C)(C)C)=C(OC)C(C(C)(C)C)C4)c(Cl)s3)CC2)sc1C. The quantitative estimate of drug-likeness (QED) is 0.259. The molecule has 12 heteroatoms. The Bertz CT molecular complexity index is 1490. The number of alkyl halides is 2. The summed E-state index contributed by atoms with van der Waals surface area (Å²) < 4.78 is 40.3. The minimum Gasteiger partial charge on any atom is -0.500 e. The van der Waals surface area contributed by atoms with Crippen LogP contribution in [-0.2, 0) is 31.4 Å². The number of hydrogen-bond donors (Lipinski definition) is 0. The molecular formula is C33H44ClF2N3O4S2. The molecule has 1 atom stereocenters. The minimum absolute atomic E-state index is 0.0211. The van der Waals surface area contributed by atoms with Crippen molar-refractivity contribution < 1.29 is 27.8 Å². The number of methoxy groups -OCH3 is 1. The van der Waals surface area contributed by atoms with Crippen molar-refractivity contribution >= 4 is 51.7 Å². The summed E-state index contributed by atoms with van der Waals surface area (Å²) in [6.45, 7) is 17.1. The van der Waals surface area contributed by atoms with Crippen molar-refractivity contribution in [1.82, 2.24) is 14.9 Å². The number of halogens is 3. The summed E-state index contributed by atoms with van der Waals surface area (Å²) >= 11 is 9.37. The Morgan fingerprint density at radius 1 is 1.09 bits per heavy atom. The van der Waals surface area contributed by atoms with Crippen molar-refractivity contribution in [3.05, 3.63) is 48.0 Å². The molecule has 1 unspecified atom stereocenters. The zero-order chi connectivity index (χ0) is 33.5. The van der Waals surface area contributed by atoms with Gasteiger partial charge in [0.2, 0.25) is 5.91 Å². The van der Waals surface area contributed by atoms with Gasteiger partial charge in [-0.2, -0.15) is 8.78 Å². The molecule has 45 heavy (non-hydrogen) atoms. The number of esters is 1. The van der Waals surface area contributed by atoms with Gasteiger partial charge in [0.1, 0.15) is 20.8 Å². The van der Waals surface area contributed by atoms with E-state index in [1.807, 2.05) is 0 Å². The Labute approximate surface area is 278 Å². The van der Waals surface area contributed by atoms with Gasteiger partial charge in [-0.05, 0) is 61.2 Å². The van der Waals surface area contributed by atoms with Gasteiger partial charge in [0.25, 0.3) is 0 Å². The number of allylic oxidation sites excluding steroid dienone is 4. The van der Waals surface area contributed by atoms with E-state index in [2.05, 4.69) is 57.3 Å². The third-order valence-corrected chi connectivity index (χ3v) is 10.9. The van der Waals surface area contributed by atoms with Crippen molar-refractivity contribution in [2.75, 3.05) is 26.8 Å². The van der Waals surface area contributed by atoms with Gasteiger partial charge in [-0.15, -0.1) is 22.7 Å². The number of carbonyl (C=O) groups excluding carboxylic acids is 2. The third-order valence-electron chi connectivity index (χ3n) is 8.47. The van der Waals surface area contributed by atoms with E-state index < -0.39 is 17.6 Å². The van der Waals surface area contributed by atoms with Crippen molar-refractivity contribution in [2.45, 2.75) is 92.9 Å². The lowest BCUT2D eigenvalue weighted by molar-refractivity contribution is -0.173. The summed E-state index contributed by atoms with van der Waals surface area (Å²) in [4.78, 5) is 35.9. The van der Waals surface area contributed by atoms with Gasteiger partial charge in [0, 0.05) is 29.8 Å². The first-order valence-electron chi connectivity index (χ1n) is 15.3. The maximum absolute atomic E-state index is 14.6. The van der Waals surface area contributed by atoms with Gasteiger partial charge in [0.15, 0.2) is 0 Å². The van der Waals surface area contributed by atoms with E-state index in [-0.39, 0.29) is 51.5 Å². The molecule has 2 aliphatic rings. The van der Waals surface area contributed by atoms with Crippen molar-refractivity contribution in [2.24, 2.45) is 16.7 Å². The first kappa shape index (κ1) is 35.5. The highest BCUT2D eigenvalue weighted by Crippen LogP contribution is 2.49. The lowest BCUT2D eigenvalue weighted by Crippen LogP contribution is -2.38. The maximum Gasteiger partial charge on any atom is 0.385 e. The second-order valence-electron chi connectivity index (χ2n) is 13.8. The predicted octanol–water partition coefficient (Wildman–Crippen LogP) is 8.56. The normalized spacial score (nSPS) is 18.7. The van der Waals surface area contributed by atoms with Crippen LogP contribution < -0.4 is 0 Å². The highest BCUT2D eigenvalue weighted by atomic mass is 35.5. The summed E-state index contributed by atoms with van der Waals surface area (Å²) in [5, 5.41) is 1.22. The van der Waals surface area contributed by atoms with Gasteiger partial charge in [-0.1, -0.05) is 53.1 Å². The van der Waals surface area contributed by atoms with Crippen molar-refractivity contribution in [1.29, 1.82) is 0 Å². The fourth-order valence-electron chi connectivity index (χ4n) is 5.95. The Morgan fingerprint density at radius 2 is 1.73 bits per heavy atom. The average molecular weight is 684 g/mol. The molecule has 248 valence electrons. The fourth-order valence-corrected chi connectivity index (χ4v) is 8.30. The number of aromatic nitrogens is 2. The van der Waals surface area contributed by atoms with Crippen LogP contribution in [0.25, 0.3) is 5.57 Å². The lowest BCUT2D eigenvalue weighted by Gasteiger charge is -2.39. The largest absolute Gasteiger partial charge is 0.500 e. The van der Waals surface area contributed by atoms with Gasteiger partial charge in [-0.3, -0.25) is 4.79 Å². The van der Waals surface area contributed by atoms with Gasteiger partial charge < -0.3 is 14.4 Å². The van der Waals surface area contributed by atoms with Crippen molar-refractivity contribution in [3.8, 4) is 0 Å². The van der Waals surface area contributed by atoms with E-state index in [0.29, 0.717) is 17.4 Å². The summed E-state index contributed by atoms with van der Waals surface area (Å²) in [6.07, 6.45) is 4.34. The molecule has 0 aromatic carbocycles. The number of nitrogens with zero attached hydrogens (tertiary/aromatic N) is 3. The molecule has 2 aromatic heterocycles. The predicted molar refractivity (Wildman–Crippen MR) is 176 cm³/mol. The van der Waals surface area contributed by atoms with E-state index >= 15 is 0 Å². The summed E-state index contributed by atoms with van der Waals surface area (Å²) in [5.41, 5.74) is 2.33.